The fraction of sp³-hybridized carbons (Fsp3) is 0.500. The second-order valence-electron chi connectivity index (χ2n) is 21.9. The Morgan fingerprint density at radius 3 is 1.34 bits per heavy atom. The summed E-state index contributed by atoms with van der Waals surface area (Å²) >= 11 is 0. The van der Waals surface area contributed by atoms with Gasteiger partial charge in [-0.05, 0) is 134 Å². The van der Waals surface area contributed by atoms with Crippen LogP contribution in [-0.4, -0.2) is 121 Å². The molecule has 0 fully saturated rings. The second kappa shape index (κ2) is 30.3. The Bertz CT molecular complexity index is 2620. The van der Waals surface area contributed by atoms with Crippen LogP contribution in [0.1, 0.15) is 132 Å². The molecule has 79 heavy (non-hydrogen) atoms. The van der Waals surface area contributed by atoms with Crippen molar-refractivity contribution in [3.63, 3.8) is 0 Å². The minimum atomic E-state index is -0.924. The summed E-state index contributed by atoms with van der Waals surface area (Å²) in [6.07, 6.45) is 10.4. The van der Waals surface area contributed by atoms with E-state index in [9.17, 15) is 57.8 Å². The van der Waals surface area contributed by atoms with Crippen molar-refractivity contribution >= 4 is 76.6 Å². The normalized spacial score (nSPS) is 15.5. The Morgan fingerprint density at radius 2 is 0.949 bits per heavy atom. The van der Waals surface area contributed by atoms with Gasteiger partial charge in [0.15, 0.2) is 5.75 Å². The van der Waals surface area contributed by atoms with Crippen molar-refractivity contribution in [1.29, 1.82) is 0 Å². The first kappa shape index (κ1) is 65.3. The lowest BCUT2D eigenvalue weighted by atomic mass is 9.91. The predicted octanol–water partition coefficient (Wildman–Crippen LogP) is 6.78. The molecule has 0 saturated heterocycles. The first-order valence-electron chi connectivity index (χ1n) is 26.3. The Labute approximate surface area is 461 Å². The summed E-state index contributed by atoms with van der Waals surface area (Å²) in [5, 5.41) is 20.5. The Kier molecular flexibility index (Phi) is 25.0. The number of hydrogen-bond acceptors (Lipinski definition) is 16. The van der Waals surface area contributed by atoms with Gasteiger partial charge in [0, 0.05) is 75.4 Å². The average molecular weight is 1100 g/mol. The maximum atomic E-state index is 12.9. The zero-order valence-electron chi connectivity index (χ0n) is 47.0. The van der Waals surface area contributed by atoms with Gasteiger partial charge in [-0.1, -0.05) is 39.8 Å². The van der Waals surface area contributed by atoms with E-state index in [4.69, 9.17) is 25.1 Å². The van der Waals surface area contributed by atoms with Gasteiger partial charge in [-0.3, -0.25) is 67.4 Å². The highest BCUT2D eigenvalue weighted by Crippen LogP contribution is 2.30. The molecule has 0 saturated carbocycles. The molecule has 2 unspecified atom stereocenters. The van der Waals surface area contributed by atoms with E-state index in [1.165, 1.54) is 36.5 Å². The van der Waals surface area contributed by atoms with E-state index >= 15 is 0 Å². The quantitative estimate of drug-likeness (QED) is 0.0277. The van der Waals surface area contributed by atoms with Crippen LogP contribution in [0.25, 0.3) is 0 Å². The van der Waals surface area contributed by atoms with Gasteiger partial charge in [-0.2, -0.15) is 0 Å². The first-order chi connectivity index (χ1) is 36.8. The number of imide groups is 3. The molecule has 2 aromatic rings. The lowest BCUT2D eigenvalue weighted by molar-refractivity contribution is -0.161. The van der Waals surface area contributed by atoms with Gasteiger partial charge in [0.2, 0.25) is 5.91 Å². The van der Waals surface area contributed by atoms with E-state index < -0.39 is 52.7 Å². The van der Waals surface area contributed by atoms with Crippen molar-refractivity contribution in [3.05, 3.63) is 84.0 Å². The number of esters is 3. The number of phenols is 1. The van der Waals surface area contributed by atoms with E-state index in [1.807, 2.05) is 68.4 Å². The van der Waals surface area contributed by atoms with Gasteiger partial charge >= 0.3 is 23.9 Å². The fourth-order valence-electron chi connectivity index (χ4n) is 8.31. The molecular weight excluding hydrogens is 1020 g/mol. The van der Waals surface area contributed by atoms with Crippen LogP contribution < -0.4 is 15.8 Å². The van der Waals surface area contributed by atoms with Gasteiger partial charge in [0.25, 0.3) is 35.4 Å². The number of aromatic hydroxyl groups is 1. The van der Waals surface area contributed by atoms with E-state index in [2.05, 4.69) is 12.2 Å². The summed E-state index contributed by atoms with van der Waals surface area (Å²) < 4.78 is 16.4. The summed E-state index contributed by atoms with van der Waals surface area (Å²) in [7, 11) is 0. The standard InChI is InChI=1S/C33H41N3O9.C17H27NO3.C8H9NO4/c1-21(18-22(2)32(43)45-33(3,4)5)19-23-10-11-25(44-31(42)9-7-17-36-29(40)14-15-30(36)41)24(20-23)34-26(37)8-6-16-35-27(38)12-13-28(35)39;1-11(8-12(2)16(20)21-17(3,4)5)9-13-6-7-15(19)14(18)10-13;10-6-3-4-7(11)9(6)5-1-2-8(12)13/h10-15,20-22H,6-9,16-19H2,1-5H3,(H,34,37);6-7,10-12,19H,8-9,18H2,1-5H3;3-4H,1-2,5H2,(H,12,13)/t21-,22?;11-,12?;/m11./s1. The van der Waals surface area contributed by atoms with Gasteiger partial charge in [0.05, 0.1) is 23.2 Å². The van der Waals surface area contributed by atoms with Crippen molar-refractivity contribution in [3.8, 4) is 11.5 Å². The van der Waals surface area contributed by atoms with Crippen molar-refractivity contribution in [2.24, 2.45) is 23.7 Å². The number of nitrogen functional groups attached to an aromatic ring is 1. The molecule has 0 spiro atoms. The number of rotatable bonds is 24. The third-order valence-corrected chi connectivity index (χ3v) is 12.0. The Balaban J connectivity index is 0.000000393. The SMILES string of the molecule is CC(C[C@@H](C)Cc1ccc(O)c(N)c1)C(=O)OC(C)(C)C.CC(C[C@@H](C)Cc1ccc(OC(=O)CCCN2C(=O)C=CC2=O)c(NC(=O)CCCN2C(=O)C=CC2=O)c1)C(=O)OC(C)(C)C.O=C(O)CCCN1C(=O)C=CC1=O. The van der Waals surface area contributed by atoms with Crippen LogP contribution >= 0.6 is 0 Å². The van der Waals surface area contributed by atoms with Crippen LogP contribution in [0.2, 0.25) is 0 Å². The Hall–Kier alpha value is -7.97. The number of carbonyl (C=O) groups excluding carboxylic acids is 10. The number of carboxylic acid groups (broad SMARTS) is 1. The first-order valence-corrected chi connectivity index (χ1v) is 26.3. The molecule has 5 N–H and O–H groups in total. The van der Waals surface area contributed by atoms with E-state index in [1.54, 1.807) is 30.3 Å². The molecule has 3 aliphatic heterocycles. The molecule has 3 heterocycles. The number of carboxylic acids is 1. The van der Waals surface area contributed by atoms with Crippen molar-refractivity contribution in [2.45, 2.75) is 145 Å². The number of aliphatic carboxylic acids is 1. The van der Waals surface area contributed by atoms with Crippen molar-refractivity contribution in [2.75, 3.05) is 30.7 Å². The number of nitrogens with one attached hydrogen (secondary N) is 1. The van der Waals surface area contributed by atoms with Gasteiger partial charge in [-0.15, -0.1) is 0 Å². The fourth-order valence-corrected chi connectivity index (χ4v) is 8.31. The number of nitrogens with two attached hydrogens (primary N) is 1. The molecule has 430 valence electrons. The monoisotopic (exact) mass is 1100 g/mol. The molecular formula is C58H77N5O16. The molecule has 2 aromatic carbocycles. The number of amides is 7. The average Bonchev–Trinajstić information content (AvgIpc) is 3.96. The van der Waals surface area contributed by atoms with Crippen molar-refractivity contribution in [1.82, 2.24) is 14.7 Å². The molecule has 4 atom stereocenters. The molecule has 0 bridgehead atoms. The predicted molar refractivity (Wildman–Crippen MR) is 291 cm³/mol. The molecule has 7 amide bonds. The number of carbonyl (C=O) groups is 11. The number of phenolic OH excluding ortho intramolecular Hbond substituents is 1. The van der Waals surface area contributed by atoms with Crippen LogP contribution in [0.5, 0.6) is 11.5 Å². The van der Waals surface area contributed by atoms with Crippen molar-refractivity contribution < 1.29 is 77.2 Å². The zero-order chi connectivity index (χ0) is 59.4. The lowest BCUT2D eigenvalue weighted by Crippen LogP contribution is -2.31. The number of nitrogens with zero attached hydrogens (tertiary/aromatic N) is 3. The number of benzene rings is 2. The van der Waals surface area contributed by atoms with Crippen LogP contribution in [0, 0.1) is 23.7 Å². The molecule has 0 aromatic heterocycles. The van der Waals surface area contributed by atoms with Gasteiger partial charge in [0.1, 0.15) is 17.0 Å². The van der Waals surface area contributed by atoms with Crippen LogP contribution in [0.3, 0.4) is 0 Å². The molecule has 21 heteroatoms. The Morgan fingerprint density at radius 1 is 0.570 bits per heavy atom. The largest absolute Gasteiger partial charge is 0.506 e. The smallest absolute Gasteiger partial charge is 0.311 e. The third-order valence-electron chi connectivity index (χ3n) is 12.0. The minimum absolute atomic E-state index is 0.00437. The highest BCUT2D eigenvalue weighted by atomic mass is 16.6. The second-order valence-corrected chi connectivity index (χ2v) is 21.9. The highest BCUT2D eigenvalue weighted by molar-refractivity contribution is 6.14. The number of hydrogen-bond donors (Lipinski definition) is 4. The summed E-state index contributed by atoms with van der Waals surface area (Å²) in [5.74, 6) is -4.61. The number of ether oxygens (including phenoxy) is 3. The van der Waals surface area contributed by atoms with Crippen LogP contribution in [-0.2, 0) is 75.1 Å². The summed E-state index contributed by atoms with van der Waals surface area (Å²) in [5.41, 5.74) is 7.23. The minimum Gasteiger partial charge on any atom is -0.506 e. The van der Waals surface area contributed by atoms with Crippen LogP contribution in [0.4, 0.5) is 11.4 Å². The summed E-state index contributed by atoms with van der Waals surface area (Å²) in [6.45, 7) is 19.3. The topological polar surface area (TPSA) is 304 Å². The van der Waals surface area contributed by atoms with E-state index in [0.29, 0.717) is 30.9 Å². The maximum Gasteiger partial charge on any atom is 0.311 e. The molecule has 3 aliphatic rings. The lowest BCUT2D eigenvalue weighted by Gasteiger charge is -2.23. The van der Waals surface area contributed by atoms with E-state index in [0.717, 1.165) is 38.7 Å². The molecule has 0 aliphatic carbocycles. The van der Waals surface area contributed by atoms with E-state index in [-0.39, 0.29) is 110 Å². The highest BCUT2D eigenvalue weighted by Gasteiger charge is 2.28. The van der Waals surface area contributed by atoms with Gasteiger partial charge < -0.3 is 35.5 Å². The zero-order valence-corrected chi connectivity index (χ0v) is 47.0. The third kappa shape index (κ3) is 23.7. The molecule has 0 radical (unpaired) electrons. The molecule has 21 nitrogen and oxygen atoms in total. The number of anilines is 2. The maximum absolute atomic E-state index is 12.9. The summed E-state index contributed by atoms with van der Waals surface area (Å²) in [6, 6.07) is 10.3. The summed E-state index contributed by atoms with van der Waals surface area (Å²) in [4.78, 5) is 132. The molecule has 5 rings (SSSR count). The van der Waals surface area contributed by atoms with Crippen LogP contribution in [0.15, 0.2) is 72.9 Å². The van der Waals surface area contributed by atoms with Gasteiger partial charge in [-0.25, -0.2) is 0 Å².